The van der Waals surface area contributed by atoms with E-state index in [1.165, 1.54) is 0 Å². The van der Waals surface area contributed by atoms with E-state index in [1.807, 2.05) is 50.5 Å². The zero-order chi connectivity index (χ0) is 21.0. The zero-order valence-electron chi connectivity index (χ0n) is 18.2. The first-order valence-electron chi connectivity index (χ1n) is 10.4. The van der Waals surface area contributed by atoms with E-state index in [2.05, 4.69) is 32.3 Å². The number of hydrogen-bond donors (Lipinski definition) is 2. The van der Waals surface area contributed by atoms with Crippen LogP contribution in [0.15, 0.2) is 64.3 Å². The molecule has 2 heterocycles. The average Bonchev–Trinajstić information content (AvgIpc) is 3.45. The van der Waals surface area contributed by atoms with Crippen molar-refractivity contribution in [2.24, 2.45) is 4.99 Å². The van der Waals surface area contributed by atoms with Crippen LogP contribution in [0.25, 0.3) is 11.3 Å². The van der Waals surface area contributed by atoms with Crippen LogP contribution in [0.4, 0.5) is 0 Å². The van der Waals surface area contributed by atoms with E-state index in [1.54, 1.807) is 6.26 Å². The minimum atomic E-state index is 0. The number of halogens is 1. The third-order valence-corrected chi connectivity index (χ3v) is 4.61. The van der Waals surface area contributed by atoms with Crippen molar-refractivity contribution in [2.75, 3.05) is 33.4 Å². The van der Waals surface area contributed by atoms with Crippen LogP contribution in [0.3, 0.4) is 0 Å². The Labute approximate surface area is 201 Å². The number of nitrogens with one attached hydrogen (secondary N) is 2. The average molecular weight is 537 g/mol. The van der Waals surface area contributed by atoms with E-state index in [4.69, 9.17) is 14.1 Å². The fraction of sp³-hybridized carbons (Fsp3) is 0.391. The number of rotatable bonds is 11. The molecule has 168 valence electrons. The van der Waals surface area contributed by atoms with Gasteiger partial charge in [-0.2, -0.15) is 0 Å². The van der Waals surface area contributed by atoms with E-state index in [0.717, 1.165) is 61.4 Å². The van der Waals surface area contributed by atoms with Gasteiger partial charge in [-0.05, 0) is 31.0 Å². The lowest BCUT2D eigenvalue weighted by Gasteiger charge is -2.21. The highest BCUT2D eigenvalue weighted by Crippen LogP contribution is 2.16. The van der Waals surface area contributed by atoms with Crippen molar-refractivity contribution in [2.45, 2.75) is 26.3 Å². The molecule has 0 atom stereocenters. The number of nitrogens with zero attached hydrogens (tertiary/aromatic N) is 3. The summed E-state index contributed by atoms with van der Waals surface area (Å²) in [4.78, 5) is 14.8. The first-order chi connectivity index (χ1) is 14.8. The number of aliphatic imine (C=N–C) groups is 1. The van der Waals surface area contributed by atoms with Crippen LogP contribution in [0, 0.1) is 0 Å². The van der Waals surface area contributed by atoms with Crippen LogP contribution in [-0.2, 0) is 17.7 Å². The van der Waals surface area contributed by atoms with E-state index < -0.39 is 0 Å². The topological polar surface area (TPSA) is 78.7 Å². The number of imidazole rings is 1. The van der Waals surface area contributed by atoms with Gasteiger partial charge in [0.2, 0.25) is 0 Å². The van der Waals surface area contributed by atoms with E-state index in [0.29, 0.717) is 13.1 Å². The summed E-state index contributed by atoms with van der Waals surface area (Å²) in [5.74, 6) is 2.70. The first kappa shape index (κ1) is 24.9. The van der Waals surface area contributed by atoms with Crippen molar-refractivity contribution < 1.29 is 9.15 Å². The molecule has 0 radical (unpaired) electrons. The van der Waals surface area contributed by atoms with Crippen LogP contribution < -0.4 is 5.32 Å². The van der Waals surface area contributed by atoms with Crippen molar-refractivity contribution in [3.05, 3.63) is 66.5 Å². The van der Waals surface area contributed by atoms with Gasteiger partial charge < -0.3 is 24.4 Å². The molecule has 0 fully saturated rings. The SMILES string of the molecule is CCOCCCN=C(NCCc1ccco1)N(C)Cc1ncc(-c2ccccc2)[nH]1.I. The number of aromatic amines is 1. The van der Waals surface area contributed by atoms with E-state index in [-0.39, 0.29) is 24.0 Å². The molecule has 0 aliphatic heterocycles. The molecular formula is C23H32IN5O2. The van der Waals surface area contributed by atoms with E-state index >= 15 is 0 Å². The molecular weight excluding hydrogens is 505 g/mol. The van der Waals surface area contributed by atoms with Gasteiger partial charge in [-0.25, -0.2) is 4.98 Å². The number of furan rings is 1. The Morgan fingerprint density at radius 2 is 2.06 bits per heavy atom. The molecule has 31 heavy (non-hydrogen) atoms. The number of benzene rings is 1. The monoisotopic (exact) mass is 537 g/mol. The van der Waals surface area contributed by atoms with Crippen molar-refractivity contribution >= 4 is 29.9 Å². The standard InChI is InChI=1S/C23H31N5O2.HI/c1-3-29-15-8-13-24-23(25-14-12-20-11-7-16-30-20)28(2)18-22-26-17-21(27-22)19-9-5-4-6-10-19;/h4-7,9-11,16-17H,3,8,12-15,18H2,1-2H3,(H,24,25)(H,26,27);1H. The van der Waals surface area contributed by atoms with Crippen molar-refractivity contribution in [3.63, 3.8) is 0 Å². The Hall–Kier alpha value is -2.33. The molecule has 0 spiro atoms. The molecule has 3 aromatic rings. The van der Waals surface area contributed by atoms with Gasteiger partial charge in [0, 0.05) is 39.8 Å². The maximum Gasteiger partial charge on any atom is 0.194 e. The Morgan fingerprint density at radius 3 is 2.81 bits per heavy atom. The molecule has 0 bridgehead atoms. The maximum absolute atomic E-state index is 5.42. The summed E-state index contributed by atoms with van der Waals surface area (Å²) >= 11 is 0. The van der Waals surface area contributed by atoms with E-state index in [9.17, 15) is 0 Å². The molecule has 2 N–H and O–H groups in total. The lowest BCUT2D eigenvalue weighted by molar-refractivity contribution is 0.146. The Morgan fingerprint density at radius 1 is 1.23 bits per heavy atom. The van der Waals surface area contributed by atoms with Gasteiger partial charge in [0.15, 0.2) is 5.96 Å². The molecule has 3 rings (SSSR count). The normalized spacial score (nSPS) is 11.2. The minimum absolute atomic E-state index is 0. The molecule has 0 saturated carbocycles. The lowest BCUT2D eigenvalue weighted by Crippen LogP contribution is -2.40. The van der Waals surface area contributed by atoms with Crippen molar-refractivity contribution in [1.82, 2.24) is 20.2 Å². The molecule has 0 unspecified atom stereocenters. The number of hydrogen-bond acceptors (Lipinski definition) is 4. The van der Waals surface area contributed by atoms with Crippen LogP contribution in [0.1, 0.15) is 24.9 Å². The summed E-state index contributed by atoms with van der Waals surface area (Å²) in [6.07, 6.45) is 5.27. The second kappa shape index (κ2) is 13.9. The maximum atomic E-state index is 5.42. The summed E-state index contributed by atoms with van der Waals surface area (Å²) < 4.78 is 10.8. The fourth-order valence-electron chi connectivity index (χ4n) is 3.07. The second-order valence-corrected chi connectivity index (χ2v) is 6.98. The van der Waals surface area contributed by atoms with Gasteiger partial charge in [0.1, 0.15) is 11.6 Å². The predicted molar refractivity (Wildman–Crippen MR) is 135 cm³/mol. The van der Waals surface area contributed by atoms with Crippen molar-refractivity contribution in [3.8, 4) is 11.3 Å². The summed E-state index contributed by atoms with van der Waals surface area (Å²) in [5, 5.41) is 3.44. The van der Waals surface area contributed by atoms with Gasteiger partial charge in [-0.3, -0.25) is 4.99 Å². The Bertz CT molecular complexity index is 881. The molecule has 0 aliphatic rings. The molecule has 1 aromatic carbocycles. The van der Waals surface area contributed by atoms with Gasteiger partial charge >= 0.3 is 0 Å². The number of aromatic nitrogens is 2. The molecule has 0 amide bonds. The highest BCUT2D eigenvalue weighted by molar-refractivity contribution is 14.0. The zero-order valence-corrected chi connectivity index (χ0v) is 20.5. The molecule has 8 heteroatoms. The number of H-pyrrole nitrogens is 1. The third-order valence-electron chi connectivity index (χ3n) is 4.61. The van der Waals surface area contributed by atoms with Crippen molar-refractivity contribution in [1.29, 1.82) is 0 Å². The molecule has 2 aromatic heterocycles. The highest BCUT2D eigenvalue weighted by Gasteiger charge is 2.10. The quantitative estimate of drug-likeness (QED) is 0.165. The fourth-order valence-corrected chi connectivity index (χ4v) is 3.07. The first-order valence-corrected chi connectivity index (χ1v) is 10.4. The van der Waals surface area contributed by atoms with Crippen LogP contribution >= 0.6 is 24.0 Å². The predicted octanol–water partition coefficient (Wildman–Crippen LogP) is 4.33. The Balaban J connectivity index is 0.00000341. The number of guanidine groups is 1. The number of ether oxygens (including phenoxy) is 1. The van der Waals surface area contributed by atoms with Gasteiger partial charge in [0.25, 0.3) is 0 Å². The minimum Gasteiger partial charge on any atom is -0.469 e. The van der Waals surface area contributed by atoms with Gasteiger partial charge in [-0.15, -0.1) is 24.0 Å². The molecule has 0 saturated heterocycles. The highest BCUT2D eigenvalue weighted by atomic mass is 127. The molecule has 0 aliphatic carbocycles. The third kappa shape index (κ3) is 8.37. The summed E-state index contributed by atoms with van der Waals surface area (Å²) in [7, 11) is 2.02. The molecule has 7 nitrogen and oxygen atoms in total. The summed E-state index contributed by atoms with van der Waals surface area (Å²) in [6.45, 7) is 5.55. The van der Waals surface area contributed by atoms with Gasteiger partial charge in [-0.1, -0.05) is 30.3 Å². The second-order valence-electron chi connectivity index (χ2n) is 6.98. The van der Waals surface area contributed by atoms with Crippen LogP contribution in [0.2, 0.25) is 0 Å². The summed E-state index contributed by atoms with van der Waals surface area (Å²) in [6, 6.07) is 14.1. The van der Waals surface area contributed by atoms with Gasteiger partial charge in [0.05, 0.1) is 24.7 Å². The summed E-state index contributed by atoms with van der Waals surface area (Å²) in [5.41, 5.74) is 2.14. The van der Waals surface area contributed by atoms with Crippen LogP contribution in [-0.4, -0.2) is 54.2 Å². The largest absolute Gasteiger partial charge is 0.469 e. The Kier molecular flexibility index (Phi) is 11.2. The smallest absolute Gasteiger partial charge is 0.194 e. The lowest BCUT2D eigenvalue weighted by atomic mass is 10.2. The van der Waals surface area contributed by atoms with Crippen LogP contribution in [0.5, 0.6) is 0 Å².